The van der Waals surface area contributed by atoms with Gasteiger partial charge in [-0.1, -0.05) is 24.6 Å². The molecule has 1 aromatic carbocycles. The highest BCUT2D eigenvalue weighted by Gasteiger charge is 2.39. The SMILES string of the molecule is CCC1CCC(C)N1S(=O)(=O)c1cc(CNC)ccc1Cl. The Balaban J connectivity index is 2.45. The Bertz CT molecular complexity index is 604. The molecule has 1 N–H and O–H groups in total. The van der Waals surface area contributed by atoms with Gasteiger partial charge in [0.2, 0.25) is 10.0 Å². The maximum absolute atomic E-state index is 13.0. The van der Waals surface area contributed by atoms with Crippen molar-refractivity contribution < 1.29 is 8.42 Å². The van der Waals surface area contributed by atoms with Crippen molar-refractivity contribution >= 4 is 21.6 Å². The molecule has 118 valence electrons. The Hall–Kier alpha value is -0.620. The third-order valence-corrected chi connectivity index (χ3v) is 6.66. The van der Waals surface area contributed by atoms with E-state index in [2.05, 4.69) is 5.32 Å². The lowest BCUT2D eigenvalue weighted by atomic mass is 10.2. The first kappa shape index (κ1) is 16.7. The molecule has 0 radical (unpaired) electrons. The molecule has 0 bridgehead atoms. The zero-order valence-corrected chi connectivity index (χ0v) is 14.3. The van der Waals surface area contributed by atoms with Crippen LogP contribution < -0.4 is 5.32 Å². The average molecular weight is 331 g/mol. The van der Waals surface area contributed by atoms with Crippen LogP contribution in [0.4, 0.5) is 0 Å². The third-order valence-electron chi connectivity index (χ3n) is 4.12. The molecule has 0 saturated carbocycles. The lowest BCUT2D eigenvalue weighted by Gasteiger charge is -2.27. The summed E-state index contributed by atoms with van der Waals surface area (Å²) in [7, 11) is -1.72. The quantitative estimate of drug-likeness (QED) is 0.902. The maximum Gasteiger partial charge on any atom is 0.245 e. The van der Waals surface area contributed by atoms with Gasteiger partial charge >= 0.3 is 0 Å². The monoisotopic (exact) mass is 330 g/mol. The number of nitrogens with one attached hydrogen (secondary N) is 1. The molecule has 2 atom stereocenters. The summed E-state index contributed by atoms with van der Waals surface area (Å²) in [4.78, 5) is 0.226. The van der Waals surface area contributed by atoms with Gasteiger partial charge in [-0.05, 0) is 50.9 Å². The van der Waals surface area contributed by atoms with Crippen molar-refractivity contribution in [1.82, 2.24) is 9.62 Å². The zero-order chi connectivity index (χ0) is 15.6. The molecule has 2 rings (SSSR count). The van der Waals surface area contributed by atoms with Gasteiger partial charge in [-0.15, -0.1) is 0 Å². The highest BCUT2D eigenvalue weighted by atomic mass is 35.5. The molecule has 0 aliphatic carbocycles. The molecule has 1 fully saturated rings. The predicted molar refractivity (Wildman–Crippen MR) is 86.0 cm³/mol. The predicted octanol–water partition coefficient (Wildman–Crippen LogP) is 3.01. The first-order valence-corrected chi connectivity index (χ1v) is 9.20. The van der Waals surface area contributed by atoms with Crippen LogP contribution in [0, 0.1) is 0 Å². The second-order valence-corrected chi connectivity index (χ2v) is 7.84. The summed E-state index contributed by atoms with van der Waals surface area (Å²) in [5.41, 5.74) is 0.917. The van der Waals surface area contributed by atoms with E-state index in [4.69, 9.17) is 11.6 Å². The van der Waals surface area contributed by atoms with E-state index in [-0.39, 0.29) is 17.0 Å². The minimum Gasteiger partial charge on any atom is -0.316 e. The second kappa shape index (κ2) is 6.65. The van der Waals surface area contributed by atoms with Crippen LogP contribution in [0.25, 0.3) is 0 Å². The van der Waals surface area contributed by atoms with Crippen LogP contribution in [-0.2, 0) is 16.6 Å². The standard InChI is InChI=1S/C15H23ClN2O2S/c1-4-13-7-5-11(2)18(13)21(19,20)15-9-12(10-17-3)6-8-14(15)16/h6,8-9,11,13,17H,4-5,7,10H2,1-3H3. The van der Waals surface area contributed by atoms with E-state index < -0.39 is 10.0 Å². The lowest BCUT2D eigenvalue weighted by molar-refractivity contribution is 0.328. The molecular formula is C15H23ClN2O2S. The van der Waals surface area contributed by atoms with Gasteiger partial charge in [0.25, 0.3) is 0 Å². The summed E-state index contributed by atoms with van der Waals surface area (Å²) in [6, 6.07) is 5.31. The normalized spacial score (nSPS) is 23.6. The average Bonchev–Trinajstić information content (AvgIpc) is 2.83. The smallest absolute Gasteiger partial charge is 0.245 e. The van der Waals surface area contributed by atoms with Gasteiger partial charge in [-0.3, -0.25) is 0 Å². The second-order valence-electron chi connectivity index (χ2n) is 5.62. The van der Waals surface area contributed by atoms with Gasteiger partial charge in [-0.25, -0.2) is 8.42 Å². The number of rotatable bonds is 5. The summed E-state index contributed by atoms with van der Waals surface area (Å²) in [5.74, 6) is 0. The Labute approximate surface area is 132 Å². The summed E-state index contributed by atoms with van der Waals surface area (Å²) < 4.78 is 27.7. The van der Waals surface area contributed by atoms with Crippen LogP contribution in [0.15, 0.2) is 23.1 Å². The number of benzene rings is 1. The minimum atomic E-state index is -3.55. The molecular weight excluding hydrogens is 308 g/mol. The molecule has 1 aliphatic rings. The van der Waals surface area contributed by atoms with E-state index in [1.807, 2.05) is 27.0 Å². The molecule has 6 heteroatoms. The van der Waals surface area contributed by atoms with Gasteiger partial charge in [-0.2, -0.15) is 4.31 Å². The van der Waals surface area contributed by atoms with Crippen molar-refractivity contribution in [3.63, 3.8) is 0 Å². The van der Waals surface area contributed by atoms with Crippen molar-refractivity contribution in [2.75, 3.05) is 7.05 Å². The number of halogens is 1. The molecule has 0 spiro atoms. The topological polar surface area (TPSA) is 49.4 Å². The Morgan fingerprint density at radius 2 is 2.10 bits per heavy atom. The van der Waals surface area contributed by atoms with E-state index in [1.54, 1.807) is 16.4 Å². The summed E-state index contributed by atoms with van der Waals surface area (Å²) in [5, 5.41) is 3.32. The molecule has 0 aromatic heterocycles. The van der Waals surface area contributed by atoms with Gasteiger partial charge in [0.05, 0.1) is 5.02 Å². The van der Waals surface area contributed by atoms with Crippen LogP contribution in [-0.4, -0.2) is 31.9 Å². The number of sulfonamides is 1. The van der Waals surface area contributed by atoms with Crippen LogP contribution in [0.5, 0.6) is 0 Å². The van der Waals surface area contributed by atoms with E-state index in [9.17, 15) is 8.42 Å². The van der Waals surface area contributed by atoms with Crippen molar-refractivity contribution in [2.45, 2.75) is 56.6 Å². The summed E-state index contributed by atoms with van der Waals surface area (Å²) in [6.45, 7) is 4.62. The van der Waals surface area contributed by atoms with E-state index in [1.165, 1.54) is 0 Å². The lowest BCUT2D eigenvalue weighted by Crippen LogP contribution is -2.39. The van der Waals surface area contributed by atoms with Crippen molar-refractivity contribution in [2.24, 2.45) is 0 Å². The van der Waals surface area contributed by atoms with E-state index in [0.717, 1.165) is 24.8 Å². The Kier molecular flexibility index (Phi) is 5.30. The van der Waals surface area contributed by atoms with Crippen LogP contribution in [0.2, 0.25) is 5.02 Å². The van der Waals surface area contributed by atoms with E-state index >= 15 is 0 Å². The molecule has 4 nitrogen and oxygen atoms in total. The van der Waals surface area contributed by atoms with Gasteiger partial charge in [0, 0.05) is 18.6 Å². The first-order valence-electron chi connectivity index (χ1n) is 7.38. The van der Waals surface area contributed by atoms with Crippen molar-refractivity contribution in [3.05, 3.63) is 28.8 Å². The fraction of sp³-hybridized carbons (Fsp3) is 0.600. The fourth-order valence-electron chi connectivity index (χ4n) is 3.04. The Morgan fingerprint density at radius 3 is 2.71 bits per heavy atom. The van der Waals surface area contributed by atoms with Crippen LogP contribution in [0.1, 0.15) is 38.7 Å². The third kappa shape index (κ3) is 3.26. The molecule has 1 saturated heterocycles. The van der Waals surface area contributed by atoms with Crippen molar-refractivity contribution in [3.8, 4) is 0 Å². The molecule has 1 heterocycles. The molecule has 1 aromatic rings. The largest absolute Gasteiger partial charge is 0.316 e. The molecule has 1 aliphatic heterocycles. The highest BCUT2D eigenvalue weighted by molar-refractivity contribution is 7.89. The molecule has 0 amide bonds. The number of hydrogen-bond donors (Lipinski definition) is 1. The summed E-state index contributed by atoms with van der Waals surface area (Å²) >= 11 is 6.17. The number of nitrogens with zero attached hydrogens (tertiary/aromatic N) is 1. The first-order chi connectivity index (χ1) is 9.91. The van der Waals surface area contributed by atoms with E-state index in [0.29, 0.717) is 11.6 Å². The number of hydrogen-bond acceptors (Lipinski definition) is 3. The maximum atomic E-state index is 13.0. The van der Waals surface area contributed by atoms with Crippen molar-refractivity contribution in [1.29, 1.82) is 0 Å². The Morgan fingerprint density at radius 1 is 1.38 bits per heavy atom. The fourth-order valence-corrected chi connectivity index (χ4v) is 5.52. The van der Waals surface area contributed by atoms with Gasteiger partial charge in [0.15, 0.2) is 0 Å². The van der Waals surface area contributed by atoms with Gasteiger partial charge in [0.1, 0.15) is 4.90 Å². The highest BCUT2D eigenvalue weighted by Crippen LogP contribution is 2.35. The summed E-state index contributed by atoms with van der Waals surface area (Å²) in [6.07, 6.45) is 2.66. The minimum absolute atomic E-state index is 0.0315. The zero-order valence-electron chi connectivity index (χ0n) is 12.8. The van der Waals surface area contributed by atoms with Gasteiger partial charge < -0.3 is 5.32 Å². The molecule has 2 unspecified atom stereocenters. The molecule has 21 heavy (non-hydrogen) atoms. The van der Waals surface area contributed by atoms with Crippen LogP contribution >= 0.6 is 11.6 Å². The van der Waals surface area contributed by atoms with Crippen LogP contribution in [0.3, 0.4) is 0 Å².